The minimum atomic E-state index is -0.00875. The Morgan fingerprint density at radius 3 is 1.77 bits per heavy atom. The molecule has 0 aromatic rings. The van der Waals surface area contributed by atoms with E-state index in [0.717, 1.165) is 45.2 Å². The Morgan fingerprint density at radius 2 is 1.46 bits per heavy atom. The van der Waals surface area contributed by atoms with E-state index in [-0.39, 0.29) is 4.65 Å². The maximum absolute atomic E-state index is 12.1. The standard InChI is InChI=1S/C11H24NO/c1-4-7-10-12(13,9-6-3)11-8-5-2/h3-11H2,1-2H3. The molecule has 0 atom stereocenters. The Morgan fingerprint density at radius 1 is 1.00 bits per heavy atom. The fraction of sp³-hybridized carbons (Fsp3) is 0.909. The number of hydrogen-bond donors (Lipinski definition) is 0. The summed E-state index contributed by atoms with van der Waals surface area (Å²) in [5.41, 5.74) is 0. The van der Waals surface area contributed by atoms with Crippen LogP contribution in [0.25, 0.3) is 0 Å². The van der Waals surface area contributed by atoms with E-state index in [9.17, 15) is 5.21 Å². The second-order valence-corrected chi connectivity index (χ2v) is 3.79. The van der Waals surface area contributed by atoms with Crippen molar-refractivity contribution in [2.45, 2.75) is 46.0 Å². The van der Waals surface area contributed by atoms with E-state index in [2.05, 4.69) is 20.8 Å². The Hall–Kier alpha value is -0.0800. The number of rotatable bonds is 8. The highest BCUT2D eigenvalue weighted by atomic mass is 16.5. The average Bonchev–Trinajstić information content (AvgIpc) is 2.12. The van der Waals surface area contributed by atoms with Gasteiger partial charge >= 0.3 is 0 Å². The first kappa shape index (κ1) is 12.9. The van der Waals surface area contributed by atoms with Crippen LogP contribution < -0.4 is 0 Å². The maximum atomic E-state index is 12.1. The molecule has 0 N–H and O–H groups in total. The topological polar surface area (TPSA) is 23.1 Å². The maximum Gasteiger partial charge on any atom is 0.0783 e. The predicted molar refractivity (Wildman–Crippen MR) is 58.0 cm³/mol. The first-order valence-corrected chi connectivity index (χ1v) is 5.55. The molecule has 0 saturated carbocycles. The second-order valence-electron chi connectivity index (χ2n) is 3.79. The fourth-order valence-electron chi connectivity index (χ4n) is 1.52. The smallest absolute Gasteiger partial charge is 0.0783 e. The summed E-state index contributed by atoms with van der Waals surface area (Å²) in [6, 6.07) is 0. The summed E-state index contributed by atoms with van der Waals surface area (Å²) < 4.78 is -0.00875. The van der Waals surface area contributed by atoms with E-state index in [1.54, 1.807) is 0 Å². The normalized spacial score (nSPS) is 12.0. The SMILES string of the molecule is [CH2]CC[N+]([O-])(CCCC)CCCC. The summed E-state index contributed by atoms with van der Waals surface area (Å²) in [4.78, 5) is 0. The zero-order chi connectivity index (χ0) is 10.2. The summed E-state index contributed by atoms with van der Waals surface area (Å²) >= 11 is 0. The molecule has 0 aromatic carbocycles. The zero-order valence-corrected chi connectivity index (χ0v) is 9.22. The summed E-state index contributed by atoms with van der Waals surface area (Å²) in [5, 5.41) is 12.1. The third kappa shape index (κ3) is 6.05. The first-order chi connectivity index (χ1) is 6.18. The Bertz CT molecular complexity index is 107. The third-order valence-electron chi connectivity index (χ3n) is 2.40. The molecule has 0 aromatic heterocycles. The molecule has 13 heavy (non-hydrogen) atoms. The summed E-state index contributed by atoms with van der Waals surface area (Å²) in [7, 11) is 0. The zero-order valence-electron chi connectivity index (χ0n) is 9.22. The van der Waals surface area contributed by atoms with Gasteiger partial charge in [-0.25, -0.2) is 0 Å². The van der Waals surface area contributed by atoms with Crippen molar-refractivity contribution in [3.05, 3.63) is 12.1 Å². The van der Waals surface area contributed by atoms with Crippen molar-refractivity contribution in [3.63, 3.8) is 0 Å². The minimum Gasteiger partial charge on any atom is -0.633 e. The molecule has 2 heteroatoms. The first-order valence-electron chi connectivity index (χ1n) is 5.55. The molecule has 0 unspecified atom stereocenters. The number of hydrogen-bond acceptors (Lipinski definition) is 1. The van der Waals surface area contributed by atoms with Gasteiger partial charge in [0.15, 0.2) is 0 Å². The van der Waals surface area contributed by atoms with Gasteiger partial charge in [-0.3, -0.25) is 0 Å². The van der Waals surface area contributed by atoms with E-state index >= 15 is 0 Å². The molecular weight excluding hydrogens is 162 g/mol. The van der Waals surface area contributed by atoms with Crippen molar-refractivity contribution in [3.8, 4) is 0 Å². The lowest BCUT2D eigenvalue weighted by Gasteiger charge is -2.43. The van der Waals surface area contributed by atoms with Crippen LogP contribution in [0.1, 0.15) is 46.0 Å². The molecule has 1 radical (unpaired) electrons. The monoisotopic (exact) mass is 186 g/mol. The van der Waals surface area contributed by atoms with Crippen molar-refractivity contribution < 1.29 is 4.65 Å². The molecule has 79 valence electrons. The summed E-state index contributed by atoms with van der Waals surface area (Å²) in [6.07, 6.45) is 5.09. The molecule has 0 fully saturated rings. The predicted octanol–water partition coefficient (Wildman–Crippen LogP) is 3.13. The van der Waals surface area contributed by atoms with Crippen LogP contribution in [-0.2, 0) is 0 Å². The summed E-state index contributed by atoms with van der Waals surface area (Å²) in [5.74, 6) is 0. The van der Waals surface area contributed by atoms with E-state index < -0.39 is 0 Å². The number of nitrogens with zero attached hydrogens (tertiary/aromatic N) is 1. The van der Waals surface area contributed by atoms with Gasteiger partial charge in [0.25, 0.3) is 0 Å². The largest absolute Gasteiger partial charge is 0.633 e. The van der Waals surface area contributed by atoms with Gasteiger partial charge in [0.1, 0.15) is 0 Å². The second kappa shape index (κ2) is 7.34. The van der Waals surface area contributed by atoms with Crippen LogP contribution in [-0.4, -0.2) is 24.3 Å². The van der Waals surface area contributed by atoms with Crippen LogP contribution in [0.5, 0.6) is 0 Å². The Balaban J connectivity index is 3.84. The molecule has 0 aliphatic carbocycles. The highest BCUT2D eigenvalue weighted by molar-refractivity contribution is 4.48. The lowest BCUT2D eigenvalue weighted by atomic mass is 10.2. The van der Waals surface area contributed by atoms with Crippen LogP contribution in [0.2, 0.25) is 0 Å². The quantitative estimate of drug-likeness (QED) is 0.422. The molecule has 0 saturated heterocycles. The lowest BCUT2D eigenvalue weighted by molar-refractivity contribution is -0.880. The van der Waals surface area contributed by atoms with Crippen molar-refractivity contribution in [2.24, 2.45) is 0 Å². The molecule has 2 nitrogen and oxygen atoms in total. The van der Waals surface area contributed by atoms with Gasteiger partial charge in [-0.15, -0.1) is 0 Å². The van der Waals surface area contributed by atoms with Gasteiger partial charge in [-0.2, -0.15) is 0 Å². The number of quaternary nitrogens is 1. The molecule has 0 bridgehead atoms. The van der Waals surface area contributed by atoms with Gasteiger partial charge in [-0.1, -0.05) is 26.7 Å². The van der Waals surface area contributed by atoms with Crippen molar-refractivity contribution in [2.75, 3.05) is 19.6 Å². The molecule has 0 aliphatic heterocycles. The van der Waals surface area contributed by atoms with E-state index in [1.165, 1.54) is 0 Å². The average molecular weight is 186 g/mol. The molecule has 0 rings (SSSR count). The van der Waals surface area contributed by atoms with Crippen molar-refractivity contribution >= 4 is 0 Å². The van der Waals surface area contributed by atoms with Crippen LogP contribution >= 0.6 is 0 Å². The Kier molecular flexibility index (Phi) is 7.29. The molecule has 0 aliphatic rings. The molecule has 0 spiro atoms. The van der Waals surface area contributed by atoms with Gasteiger partial charge < -0.3 is 9.85 Å². The van der Waals surface area contributed by atoms with Crippen LogP contribution in [0.15, 0.2) is 0 Å². The highest BCUT2D eigenvalue weighted by Crippen LogP contribution is 2.10. The van der Waals surface area contributed by atoms with Gasteiger partial charge in [0, 0.05) is 0 Å². The fourth-order valence-corrected chi connectivity index (χ4v) is 1.52. The van der Waals surface area contributed by atoms with E-state index in [1.807, 2.05) is 0 Å². The van der Waals surface area contributed by atoms with Crippen molar-refractivity contribution in [1.82, 2.24) is 0 Å². The summed E-state index contributed by atoms with van der Waals surface area (Å²) in [6.45, 7) is 10.3. The van der Waals surface area contributed by atoms with Crippen molar-refractivity contribution in [1.29, 1.82) is 0 Å². The van der Waals surface area contributed by atoms with Gasteiger partial charge in [-0.05, 0) is 26.2 Å². The van der Waals surface area contributed by atoms with Crippen LogP contribution in [0, 0.1) is 12.1 Å². The van der Waals surface area contributed by atoms with E-state index in [4.69, 9.17) is 0 Å². The van der Waals surface area contributed by atoms with Crippen LogP contribution in [0.4, 0.5) is 0 Å². The van der Waals surface area contributed by atoms with Gasteiger partial charge in [0.05, 0.1) is 19.6 Å². The highest BCUT2D eigenvalue weighted by Gasteiger charge is 2.13. The van der Waals surface area contributed by atoms with Gasteiger partial charge in [0.2, 0.25) is 0 Å². The molecule has 0 amide bonds. The molecule has 0 heterocycles. The Labute approximate surface area is 83.1 Å². The third-order valence-corrected chi connectivity index (χ3v) is 2.40. The molecular formula is C11H24NO. The number of unbranched alkanes of at least 4 members (excludes halogenated alkanes) is 2. The number of hydroxylamine groups is 3. The minimum absolute atomic E-state index is 0.00875. The van der Waals surface area contributed by atoms with Crippen LogP contribution in [0.3, 0.4) is 0 Å². The van der Waals surface area contributed by atoms with E-state index in [0.29, 0.717) is 6.54 Å². The lowest BCUT2D eigenvalue weighted by Crippen LogP contribution is -2.44.